The van der Waals surface area contributed by atoms with E-state index in [1.54, 1.807) is 21.3 Å². The molecule has 0 bridgehead atoms. The standard InChI is InChI=1S/C18H29N3O3/c1-6-18(7-2)15(11-16(18)24-5)21-17(19)20-12-8-9-13(22-3)14(10-12)23-4/h8-10,15-16H,6-7,11H2,1-5H3,(H3,19,20,21). The van der Waals surface area contributed by atoms with Crippen molar-refractivity contribution < 1.29 is 14.2 Å². The number of nitrogens with one attached hydrogen (secondary N) is 1. The zero-order valence-corrected chi connectivity index (χ0v) is 15.3. The van der Waals surface area contributed by atoms with Gasteiger partial charge in [0.15, 0.2) is 17.5 Å². The summed E-state index contributed by atoms with van der Waals surface area (Å²) in [6.07, 6.45) is 3.22. The van der Waals surface area contributed by atoms with Gasteiger partial charge in [0.1, 0.15) is 0 Å². The molecular weight excluding hydrogens is 306 g/mol. The number of benzene rings is 1. The first-order valence-corrected chi connectivity index (χ1v) is 8.39. The van der Waals surface area contributed by atoms with Crippen molar-refractivity contribution in [1.29, 1.82) is 0 Å². The Morgan fingerprint density at radius 1 is 1.21 bits per heavy atom. The molecule has 1 aliphatic rings. The zero-order chi connectivity index (χ0) is 17.7. The molecule has 2 unspecified atom stereocenters. The van der Waals surface area contributed by atoms with Gasteiger partial charge in [-0.05, 0) is 31.4 Å². The highest BCUT2D eigenvalue weighted by atomic mass is 16.5. The SMILES string of the molecule is CCC1(CC)C(N=C(N)Nc2ccc(OC)c(OC)c2)CC1OC. The molecule has 6 heteroatoms. The lowest BCUT2D eigenvalue weighted by Gasteiger charge is -2.53. The van der Waals surface area contributed by atoms with Crippen LogP contribution in [0.25, 0.3) is 0 Å². The third-order valence-electron chi connectivity index (χ3n) is 5.29. The van der Waals surface area contributed by atoms with E-state index in [9.17, 15) is 0 Å². The minimum atomic E-state index is 0.0820. The van der Waals surface area contributed by atoms with Gasteiger partial charge in [0, 0.05) is 24.3 Å². The average Bonchev–Trinajstić information content (AvgIpc) is 2.59. The van der Waals surface area contributed by atoms with Crippen LogP contribution in [0.3, 0.4) is 0 Å². The van der Waals surface area contributed by atoms with Crippen molar-refractivity contribution in [2.24, 2.45) is 16.1 Å². The van der Waals surface area contributed by atoms with Crippen LogP contribution in [0.2, 0.25) is 0 Å². The summed E-state index contributed by atoms with van der Waals surface area (Å²) in [5.74, 6) is 1.74. The predicted molar refractivity (Wildman–Crippen MR) is 97.0 cm³/mol. The Labute approximate surface area is 144 Å². The van der Waals surface area contributed by atoms with Crippen LogP contribution in [0.15, 0.2) is 23.2 Å². The maximum Gasteiger partial charge on any atom is 0.193 e. The third-order valence-corrected chi connectivity index (χ3v) is 5.29. The van der Waals surface area contributed by atoms with Gasteiger partial charge in [-0.15, -0.1) is 0 Å². The number of hydrogen-bond donors (Lipinski definition) is 2. The molecule has 3 N–H and O–H groups in total. The molecule has 24 heavy (non-hydrogen) atoms. The Kier molecular flexibility index (Phi) is 5.94. The Morgan fingerprint density at radius 3 is 2.42 bits per heavy atom. The molecule has 0 radical (unpaired) electrons. The van der Waals surface area contributed by atoms with Crippen molar-refractivity contribution in [2.75, 3.05) is 26.6 Å². The number of aliphatic imine (C=N–C) groups is 1. The van der Waals surface area contributed by atoms with E-state index in [0.29, 0.717) is 17.5 Å². The van der Waals surface area contributed by atoms with Crippen LogP contribution in [-0.4, -0.2) is 39.4 Å². The quantitative estimate of drug-likeness (QED) is 0.591. The number of anilines is 1. The molecule has 1 aliphatic carbocycles. The molecule has 134 valence electrons. The first kappa shape index (κ1) is 18.4. The average molecular weight is 335 g/mol. The van der Waals surface area contributed by atoms with Gasteiger partial charge in [-0.2, -0.15) is 0 Å². The number of ether oxygens (including phenoxy) is 3. The van der Waals surface area contributed by atoms with E-state index in [2.05, 4.69) is 19.2 Å². The summed E-state index contributed by atoms with van der Waals surface area (Å²) >= 11 is 0. The molecule has 1 fully saturated rings. The maximum atomic E-state index is 6.12. The summed E-state index contributed by atoms with van der Waals surface area (Å²) in [4.78, 5) is 4.70. The minimum absolute atomic E-state index is 0.0820. The molecule has 0 amide bonds. The molecule has 1 saturated carbocycles. The van der Waals surface area contributed by atoms with Crippen LogP contribution in [0, 0.1) is 5.41 Å². The lowest BCUT2D eigenvalue weighted by atomic mass is 9.59. The Morgan fingerprint density at radius 2 is 1.88 bits per heavy atom. The first-order valence-electron chi connectivity index (χ1n) is 8.39. The smallest absolute Gasteiger partial charge is 0.193 e. The van der Waals surface area contributed by atoms with Gasteiger partial charge in [-0.1, -0.05) is 13.8 Å². The van der Waals surface area contributed by atoms with E-state index < -0.39 is 0 Å². The predicted octanol–water partition coefficient (Wildman–Crippen LogP) is 3.02. The van der Waals surface area contributed by atoms with E-state index in [4.69, 9.17) is 24.9 Å². The molecule has 0 aromatic heterocycles. The molecule has 1 aromatic carbocycles. The maximum absolute atomic E-state index is 6.12. The summed E-state index contributed by atoms with van der Waals surface area (Å²) in [5, 5.41) is 3.14. The van der Waals surface area contributed by atoms with Crippen LogP contribution in [-0.2, 0) is 4.74 Å². The van der Waals surface area contributed by atoms with Crippen molar-refractivity contribution in [1.82, 2.24) is 0 Å². The highest BCUT2D eigenvalue weighted by Crippen LogP contribution is 2.50. The summed E-state index contributed by atoms with van der Waals surface area (Å²) in [6, 6.07) is 5.74. The largest absolute Gasteiger partial charge is 0.493 e. The van der Waals surface area contributed by atoms with E-state index in [1.807, 2.05) is 18.2 Å². The van der Waals surface area contributed by atoms with Crippen molar-refractivity contribution in [3.63, 3.8) is 0 Å². The van der Waals surface area contributed by atoms with Gasteiger partial charge in [-0.25, -0.2) is 4.99 Å². The Bertz CT molecular complexity index is 585. The van der Waals surface area contributed by atoms with Crippen molar-refractivity contribution in [3.05, 3.63) is 18.2 Å². The summed E-state index contributed by atoms with van der Waals surface area (Å²) in [7, 11) is 4.99. The van der Waals surface area contributed by atoms with Gasteiger partial charge < -0.3 is 25.3 Å². The number of methoxy groups -OCH3 is 3. The number of nitrogens with zero attached hydrogens (tertiary/aromatic N) is 1. The molecule has 0 heterocycles. The molecule has 1 aromatic rings. The van der Waals surface area contributed by atoms with Gasteiger partial charge in [0.2, 0.25) is 0 Å². The van der Waals surface area contributed by atoms with E-state index in [1.165, 1.54) is 0 Å². The van der Waals surface area contributed by atoms with E-state index >= 15 is 0 Å². The second kappa shape index (κ2) is 7.75. The fraction of sp³-hybridized carbons (Fsp3) is 0.611. The van der Waals surface area contributed by atoms with Gasteiger partial charge in [0.25, 0.3) is 0 Å². The van der Waals surface area contributed by atoms with E-state index in [0.717, 1.165) is 24.9 Å². The third kappa shape index (κ3) is 3.29. The first-order chi connectivity index (χ1) is 11.5. The topological polar surface area (TPSA) is 78.1 Å². The van der Waals surface area contributed by atoms with Gasteiger partial charge in [0.05, 0.1) is 26.4 Å². The Balaban J connectivity index is 2.12. The van der Waals surface area contributed by atoms with Crippen LogP contribution >= 0.6 is 0 Å². The van der Waals surface area contributed by atoms with Crippen molar-refractivity contribution in [3.8, 4) is 11.5 Å². The molecule has 2 rings (SSSR count). The van der Waals surface area contributed by atoms with Crippen LogP contribution in [0.4, 0.5) is 5.69 Å². The summed E-state index contributed by atoms with van der Waals surface area (Å²) < 4.78 is 16.2. The zero-order valence-electron chi connectivity index (χ0n) is 15.3. The second-order valence-corrected chi connectivity index (χ2v) is 6.13. The lowest BCUT2D eigenvalue weighted by molar-refractivity contribution is -0.111. The van der Waals surface area contributed by atoms with E-state index in [-0.39, 0.29) is 17.6 Å². The molecule has 2 atom stereocenters. The monoisotopic (exact) mass is 335 g/mol. The summed E-state index contributed by atoms with van der Waals surface area (Å²) in [5.41, 5.74) is 7.02. The molecule has 0 saturated heterocycles. The molecular formula is C18H29N3O3. The number of rotatable bonds is 7. The van der Waals surface area contributed by atoms with Gasteiger partial charge in [-0.3, -0.25) is 0 Å². The number of nitrogens with two attached hydrogens (primary N) is 1. The second-order valence-electron chi connectivity index (χ2n) is 6.13. The van der Waals surface area contributed by atoms with Crippen LogP contribution < -0.4 is 20.5 Å². The fourth-order valence-electron chi connectivity index (χ4n) is 3.68. The Hall–Kier alpha value is -1.95. The highest BCUT2D eigenvalue weighted by molar-refractivity contribution is 5.92. The van der Waals surface area contributed by atoms with Crippen LogP contribution in [0.5, 0.6) is 11.5 Å². The summed E-state index contributed by atoms with van der Waals surface area (Å²) in [6.45, 7) is 4.38. The lowest BCUT2D eigenvalue weighted by Crippen LogP contribution is -2.57. The fourth-order valence-corrected chi connectivity index (χ4v) is 3.68. The molecule has 0 aliphatic heterocycles. The molecule has 6 nitrogen and oxygen atoms in total. The van der Waals surface area contributed by atoms with Crippen molar-refractivity contribution in [2.45, 2.75) is 45.3 Å². The normalized spacial score (nSPS) is 22.6. The number of guanidine groups is 1. The van der Waals surface area contributed by atoms with Gasteiger partial charge >= 0.3 is 0 Å². The highest BCUT2D eigenvalue weighted by Gasteiger charge is 2.53. The van der Waals surface area contributed by atoms with Crippen molar-refractivity contribution >= 4 is 11.6 Å². The van der Waals surface area contributed by atoms with Crippen LogP contribution in [0.1, 0.15) is 33.1 Å². The minimum Gasteiger partial charge on any atom is -0.493 e. The number of hydrogen-bond acceptors (Lipinski definition) is 4. The molecule has 0 spiro atoms.